The van der Waals surface area contributed by atoms with Crippen LogP contribution in [0.4, 0.5) is 0 Å². The van der Waals surface area contributed by atoms with Crippen LogP contribution in [0.25, 0.3) is 212 Å². The highest BCUT2D eigenvalue weighted by atomic mass is 16.3. The Balaban J connectivity index is 0.000000141. The third-order valence-electron chi connectivity index (χ3n) is 20.9. The van der Waals surface area contributed by atoms with E-state index in [0.717, 1.165) is 177 Å². The van der Waals surface area contributed by atoms with Crippen molar-refractivity contribution in [3.63, 3.8) is 0 Å². The summed E-state index contributed by atoms with van der Waals surface area (Å²) in [5.41, 5.74) is 22.7. The molecule has 0 aliphatic rings. The molecule has 112 heavy (non-hydrogen) atoms. The van der Waals surface area contributed by atoms with Crippen molar-refractivity contribution in [2.24, 2.45) is 0 Å². The first-order valence-electron chi connectivity index (χ1n) is 37.3. The highest BCUT2D eigenvalue weighted by Gasteiger charge is 2.28. The van der Waals surface area contributed by atoms with Gasteiger partial charge >= 0.3 is 0 Å². The fourth-order valence-corrected chi connectivity index (χ4v) is 15.6. The summed E-state index contributed by atoms with van der Waals surface area (Å²) < 4.78 is 18.4. The number of pyridine rings is 2. The summed E-state index contributed by atoms with van der Waals surface area (Å²) in [6, 6.07) is 129. The summed E-state index contributed by atoms with van der Waals surface area (Å²) in [6.45, 7) is 0. The molecule has 0 amide bonds. The molecule has 0 N–H and O–H groups in total. The van der Waals surface area contributed by atoms with E-state index in [1.165, 1.54) is 0 Å². The zero-order valence-electron chi connectivity index (χ0n) is 60.1. The van der Waals surface area contributed by atoms with Crippen LogP contribution in [0.15, 0.2) is 385 Å². The summed E-state index contributed by atoms with van der Waals surface area (Å²) in [5, 5.41) is 8.67. The van der Waals surface area contributed by atoms with Crippen LogP contribution in [-0.2, 0) is 0 Å². The van der Waals surface area contributed by atoms with Gasteiger partial charge in [0.25, 0.3) is 0 Å². The maximum absolute atomic E-state index is 7.02. The Bertz CT molecular complexity index is 7280. The molecule has 0 aliphatic heterocycles. The lowest BCUT2D eigenvalue weighted by atomic mass is 10.0. The molecule has 0 fully saturated rings. The van der Waals surface area contributed by atoms with Crippen molar-refractivity contribution in [1.82, 2.24) is 49.0 Å². The van der Waals surface area contributed by atoms with Gasteiger partial charge in [-0.15, -0.1) is 0 Å². The van der Waals surface area contributed by atoms with Crippen molar-refractivity contribution in [2.75, 3.05) is 0 Å². The Morgan fingerprint density at radius 1 is 0.188 bits per heavy atom. The van der Waals surface area contributed by atoms with Crippen LogP contribution in [-0.4, -0.2) is 49.0 Å². The molecule has 8 heterocycles. The van der Waals surface area contributed by atoms with Gasteiger partial charge in [-0.05, 0) is 76.9 Å². The van der Waals surface area contributed by atoms with E-state index in [0.29, 0.717) is 34.9 Å². The first kappa shape index (κ1) is 64.9. The van der Waals surface area contributed by atoms with Crippen molar-refractivity contribution in [2.45, 2.75) is 0 Å². The predicted molar refractivity (Wildman–Crippen MR) is 453 cm³/mol. The molecule has 22 aromatic rings. The lowest BCUT2D eigenvalue weighted by molar-refractivity contribution is 0.645. The summed E-state index contributed by atoms with van der Waals surface area (Å²) in [5.74, 6) is 3.72. The number of para-hydroxylation sites is 4. The van der Waals surface area contributed by atoms with E-state index in [4.69, 9.17) is 48.7 Å². The Labute approximate surface area is 642 Å². The molecule has 0 saturated carbocycles. The molecule has 524 valence electrons. The Morgan fingerprint density at radius 2 is 0.482 bits per heavy atom. The van der Waals surface area contributed by atoms with Crippen molar-refractivity contribution in [3.8, 4) is 124 Å². The van der Waals surface area contributed by atoms with Gasteiger partial charge in [-0.25, -0.2) is 39.9 Å². The fraction of sp³-hybridized carbons (Fsp3) is 0. The summed E-state index contributed by atoms with van der Waals surface area (Å²) in [6.07, 6.45) is 0. The fourth-order valence-electron chi connectivity index (χ4n) is 15.6. The Morgan fingerprint density at radius 3 is 0.920 bits per heavy atom. The highest BCUT2D eigenvalue weighted by Crippen LogP contribution is 2.47. The second-order valence-corrected chi connectivity index (χ2v) is 27.7. The van der Waals surface area contributed by atoms with Crippen LogP contribution in [0.3, 0.4) is 0 Å². The van der Waals surface area contributed by atoms with Crippen molar-refractivity contribution in [1.29, 1.82) is 0 Å². The molecular weight excluding hydrogens is 1370 g/mol. The lowest BCUT2D eigenvalue weighted by Gasteiger charge is -2.11. The molecule has 12 heteroatoms. The Hall–Kier alpha value is -15.4. The zero-order chi connectivity index (χ0) is 74.0. The van der Waals surface area contributed by atoms with Crippen LogP contribution in [0.2, 0.25) is 0 Å². The normalized spacial score (nSPS) is 11.6. The topological polar surface area (TPSA) is 139 Å². The number of nitrogens with zero attached hydrogens (tertiary/aromatic N) is 10. The van der Waals surface area contributed by atoms with Gasteiger partial charge in [-0.3, -0.25) is 9.13 Å². The van der Waals surface area contributed by atoms with Gasteiger partial charge < -0.3 is 8.83 Å². The van der Waals surface area contributed by atoms with E-state index in [9.17, 15) is 0 Å². The van der Waals surface area contributed by atoms with Crippen molar-refractivity contribution >= 4 is 87.7 Å². The second kappa shape index (κ2) is 27.4. The van der Waals surface area contributed by atoms with E-state index in [1.54, 1.807) is 0 Å². The third kappa shape index (κ3) is 11.5. The largest absolute Gasteiger partial charge is 0.437 e. The van der Waals surface area contributed by atoms with Gasteiger partial charge in [0.1, 0.15) is 11.4 Å². The van der Waals surface area contributed by atoms with E-state index >= 15 is 0 Å². The number of hydrogen-bond donors (Lipinski definition) is 0. The van der Waals surface area contributed by atoms with Crippen LogP contribution in [0.5, 0.6) is 0 Å². The van der Waals surface area contributed by atoms with E-state index in [2.05, 4.69) is 240 Å². The minimum absolute atomic E-state index is 0.583. The van der Waals surface area contributed by atoms with E-state index < -0.39 is 0 Å². The molecule has 12 nitrogen and oxygen atoms in total. The molecule has 0 saturated heterocycles. The highest BCUT2D eigenvalue weighted by molar-refractivity contribution is 6.30. The number of furan rings is 2. The number of benzene rings is 14. The molecule has 0 aliphatic carbocycles. The summed E-state index contributed by atoms with van der Waals surface area (Å²) in [4.78, 5) is 40.2. The van der Waals surface area contributed by atoms with Crippen LogP contribution < -0.4 is 0 Å². The lowest BCUT2D eigenvalue weighted by Crippen LogP contribution is -2.01. The van der Waals surface area contributed by atoms with Crippen molar-refractivity contribution in [3.05, 3.63) is 376 Å². The smallest absolute Gasteiger partial charge is 0.213 e. The quantitative estimate of drug-likeness (QED) is 0.116. The van der Waals surface area contributed by atoms with Crippen LogP contribution >= 0.6 is 0 Å². The molecule has 8 aromatic heterocycles. The maximum atomic E-state index is 7.02. The third-order valence-corrected chi connectivity index (χ3v) is 20.9. The molecule has 22 rings (SSSR count). The summed E-state index contributed by atoms with van der Waals surface area (Å²) in [7, 11) is 0. The number of hydrogen-bond acceptors (Lipinski definition) is 10. The van der Waals surface area contributed by atoms with Crippen LogP contribution in [0.1, 0.15) is 0 Å². The minimum Gasteiger partial charge on any atom is -0.437 e. The molecule has 0 unspecified atom stereocenters. The molecule has 0 bridgehead atoms. The molecule has 0 spiro atoms. The standard InChI is InChI=1S/2C50H31N5O/c1-4-16-32(17-5-1)35-22-14-23-36(30-35)48-52-47(34-20-8-3-9-21-34)53-49(54-48)37-24-15-25-38(31-37)55-42-29-13-11-27-40(42)44-43-39-26-10-12-28-41(39)51-45(46(43)56-50(44)55)33-18-6-2-7-19-33;1-4-14-34(15-5-1)45-46-43(39-20-10-12-22-41(39)51-45)44-40-21-11-13-23-42(40)55(50(44)56-46)38-30-28-33(29-31-38)32-24-26-37(27-25-32)49-53-47(35-16-6-2-7-17-35)52-48(54-49)36-18-8-3-9-19-36/h2*1-31H. The van der Waals surface area contributed by atoms with Gasteiger partial charge in [0.2, 0.25) is 11.4 Å². The molecule has 14 aromatic carbocycles. The molecular formula is C100H62N10O2. The van der Waals surface area contributed by atoms with Gasteiger partial charge in [-0.2, -0.15) is 0 Å². The number of aromatic nitrogens is 10. The first-order valence-corrected chi connectivity index (χ1v) is 37.3. The molecule has 0 atom stereocenters. The average Bonchev–Trinajstić information content (AvgIpc) is 1.55. The zero-order valence-corrected chi connectivity index (χ0v) is 60.1. The van der Waals surface area contributed by atoms with E-state index in [1.807, 2.05) is 146 Å². The number of rotatable bonds is 12. The number of fused-ring (bicyclic) bond motifs is 14. The SMILES string of the molecule is c1ccc(-c2cccc(-c3nc(-c4ccccc4)nc(-c4cccc(-n5c6ccccc6c6c7c(oc65)c(-c5ccccc5)nc5ccccc57)c4)n3)c2)cc1.c1ccc(-c2nc(-c3ccccc3)nc(-c3ccc(-c4ccc(-n5c6ccccc6c6c7c(oc65)c(-c5ccccc5)nc5ccccc57)cc4)cc3)n2)cc1. The maximum Gasteiger partial charge on any atom is 0.213 e. The van der Waals surface area contributed by atoms with Crippen molar-refractivity contribution < 1.29 is 8.83 Å². The second-order valence-electron chi connectivity index (χ2n) is 27.7. The minimum atomic E-state index is 0.583. The van der Waals surface area contributed by atoms with Crippen LogP contribution in [0, 0.1) is 0 Å². The summed E-state index contributed by atoms with van der Waals surface area (Å²) >= 11 is 0. The van der Waals surface area contributed by atoms with Gasteiger partial charge in [0, 0.05) is 88.2 Å². The monoisotopic (exact) mass is 1430 g/mol. The van der Waals surface area contributed by atoms with Gasteiger partial charge in [-0.1, -0.05) is 322 Å². The van der Waals surface area contributed by atoms with E-state index in [-0.39, 0.29) is 0 Å². The first-order chi connectivity index (χ1) is 55.5. The van der Waals surface area contributed by atoms with Gasteiger partial charge in [0.05, 0.1) is 32.8 Å². The average molecular weight is 1440 g/mol. The van der Waals surface area contributed by atoms with Gasteiger partial charge in [0.15, 0.2) is 46.1 Å². The molecule has 0 radical (unpaired) electrons. The Kier molecular flexibility index (Phi) is 15.9. The predicted octanol–water partition coefficient (Wildman–Crippen LogP) is 25.2.